The van der Waals surface area contributed by atoms with Crippen LogP contribution in [0.15, 0.2) is 36.5 Å². The lowest BCUT2D eigenvalue weighted by Crippen LogP contribution is -2.13. The van der Waals surface area contributed by atoms with Crippen LogP contribution in [0, 0.1) is 10.1 Å². The molecular formula is C18H23N3O4. The van der Waals surface area contributed by atoms with Crippen LogP contribution in [-0.4, -0.2) is 42.1 Å². The first-order chi connectivity index (χ1) is 12.0. The average Bonchev–Trinajstić information content (AvgIpc) is 2.57. The second-order valence-electron chi connectivity index (χ2n) is 5.83. The van der Waals surface area contributed by atoms with E-state index in [-0.39, 0.29) is 11.6 Å². The van der Waals surface area contributed by atoms with Gasteiger partial charge in [-0.2, -0.15) is 0 Å². The van der Waals surface area contributed by atoms with Gasteiger partial charge in [-0.25, -0.2) is 4.98 Å². The highest BCUT2D eigenvalue weighted by Crippen LogP contribution is 2.32. The Labute approximate surface area is 147 Å². The Balaban J connectivity index is 2.11. The molecule has 0 saturated heterocycles. The zero-order valence-electron chi connectivity index (χ0n) is 14.8. The number of nitrogens with zero attached hydrogens (tertiary/aromatic N) is 3. The molecule has 7 nitrogen and oxygen atoms in total. The van der Waals surface area contributed by atoms with Gasteiger partial charge in [0.1, 0.15) is 6.20 Å². The van der Waals surface area contributed by atoms with E-state index in [9.17, 15) is 10.1 Å². The first-order valence-electron chi connectivity index (χ1n) is 8.18. The van der Waals surface area contributed by atoms with E-state index in [0.29, 0.717) is 18.1 Å². The molecule has 0 N–H and O–H groups in total. The Morgan fingerprint density at radius 1 is 1.20 bits per heavy atom. The van der Waals surface area contributed by atoms with Gasteiger partial charge in [0.2, 0.25) is 5.88 Å². The number of nitro groups is 1. The van der Waals surface area contributed by atoms with E-state index in [1.807, 2.05) is 25.1 Å². The summed E-state index contributed by atoms with van der Waals surface area (Å²) in [7, 11) is 4.11. The topological polar surface area (TPSA) is 77.7 Å². The van der Waals surface area contributed by atoms with Gasteiger partial charge in [0.25, 0.3) is 5.69 Å². The third-order valence-corrected chi connectivity index (χ3v) is 3.52. The Hall–Kier alpha value is -2.67. The lowest BCUT2D eigenvalue weighted by atomic mass is 10.1. The molecule has 134 valence electrons. The van der Waals surface area contributed by atoms with Gasteiger partial charge in [-0.05, 0) is 58.1 Å². The highest BCUT2D eigenvalue weighted by Gasteiger charge is 2.11. The Kier molecular flexibility index (Phi) is 6.71. The normalized spacial score (nSPS) is 10.7. The molecule has 0 bridgehead atoms. The predicted octanol–water partition coefficient (Wildman–Crippen LogP) is 3.68. The zero-order valence-corrected chi connectivity index (χ0v) is 14.8. The van der Waals surface area contributed by atoms with Crippen molar-refractivity contribution in [1.29, 1.82) is 0 Å². The van der Waals surface area contributed by atoms with E-state index < -0.39 is 4.92 Å². The first-order valence-corrected chi connectivity index (χ1v) is 8.18. The smallest absolute Gasteiger partial charge is 0.287 e. The van der Waals surface area contributed by atoms with Crippen LogP contribution in [-0.2, 0) is 6.42 Å². The van der Waals surface area contributed by atoms with Crippen molar-refractivity contribution in [3.05, 3.63) is 52.2 Å². The van der Waals surface area contributed by atoms with Crippen molar-refractivity contribution in [3.8, 4) is 17.4 Å². The number of aryl methyl sites for hydroxylation is 1. The molecule has 0 unspecified atom stereocenters. The third-order valence-electron chi connectivity index (χ3n) is 3.52. The van der Waals surface area contributed by atoms with Gasteiger partial charge in [0.15, 0.2) is 11.5 Å². The molecule has 1 aromatic heterocycles. The number of rotatable bonds is 9. The van der Waals surface area contributed by atoms with Gasteiger partial charge in [0.05, 0.1) is 11.5 Å². The van der Waals surface area contributed by atoms with Crippen molar-refractivity contribution >= 4 is 5.69 Å². The quantitative estimate of drug-likeness (QED) is 0.510. The van der Waals surface area contributed by atoms with Crippen LogP contribution in [0.4, 0.5) is 5.69 Å². The van der Waals surface area contributed by atoms with E-state index >= 15 is 0 Å². The maximum atomic E-state index is 10.7. The van der Waals surface area contributed by atoms with Gasteiger partial charge in [0, 0.05) is 12.1 Å². The molecule has 0 spiro atoms. The molecule has 0 aliphatic rings. The van der Waals surface area contributed by atoms with Crippen LogP contribution in [0.25, 0.3) is 0 Å². The number of pyridine rings is 1. The summed E-state index contributed by atoms with van der Waals surface area (Å²) in [5.41, 5.74) is 1.10. The maximum absolute atomic E-state index is 10.7. The highest BCUT2D eigenvalue weighted by atomic mass is 16.6. The monoisotopic (exact) mass is 345 g/mol. The molecule has 1 heterocycles. The van der Waals surface area contributed by atoms with Crippen LogP contribution in [0.5, 0.6) is 17.4 Å². The number of hydrogen-bond acceptors (Lipinski definition) is 6. The van der Waals surface area contributed by atoms with E-state index in [0.717, 1.165) is 19.4 Å². The average molecular weight is 345 g/mol. The summed E-state index contributed by atoms with van der Waals surface area (Å²) >= 11 is 0. The number of ether oxygens (including phenoxy) is 2. The van der Waals surface area contributed by atoms with Crippen molar-refractivity contribution < 1.29 is 14.4 Å². The van der Waals surface area contributed by atoms with E-state index in [4.69, 9.17) is 9.47 Å². The van der Waals surface area contributed by atoms with E-state index in [2.05, 4.69) is 24.0 Å². The Morgan fingerprint density at radius 2 is 2.00 bits per heavy atom. The minimum atomic E-state index is -0.495. The van der Waals surface area contributed by atoms with Crippen LogP contribution in [0.3, 0.4) is 0 Å². The molecule has 0 amide bonds. The number of hydrogen-bond donors (Lipinski definition) is 0. The van der Waals surface area contributed by atoms with Gasteiger partial charge < -0.3 is 14.4 Å². The van der Waals surface area contributed by atoms with Crippen LogP contribution in [0.2, 0.25) is 0 Å². The molecule has 7 heteroatoms. The van der Waals surface area contributed by atoms with Gasteiger partial charge >= 0.3 is 0 Å². The molecular weight excluding hydrogens is 322 g/mol. The summed E-state index contributed by atoms with van der Waals surface area (Å²) in [4.78, 5) is 16.3. The summed E-state index contributed by atoms with van der Waals surface area (Å²) in [6, 6.07) is 8.65. The lowest BCUT2D eigenvalue weighted by Gasteiger charge is -2.13. The van der Waals surface area contributed by atoms with E-state index in [1.165, 1.54) is 23.9 Å². The van der Waals surface area contributed by atoms with Crippen LogP contribution >= 0.6 is 0 Å². The van der Waals surface area contributed by atoms with Crippen molar-refractivity contribution in [1.82, 2.24) is 9.88 Å². The van der Waals surface area contributed by atoms with Gasteiger partial charge in [-0.1, -0.05) is 6.07 Å². The van der Waals surface area contributed by atoms with Crippen molar-refractivity contribution in [2.45, 2.75) is 19.8 Å². The van der Waals surface area contributed by atoms with Gasteiger partial charge in [-0.15, -0.1) is 0 Å². The largest absolute Gasteiger partial charge is 0.490 e. The molecule has 2 aromatic rings. The summed E-state index contributed by atoms with van der Waals surface area (Å²) in [5, 5.41) is 10.7. The summed E-state index contributed by atoms with van der Waals surface area (Å²) in [6.07, 6.45) is 3.18. The summed E-state index contributed by atoms with van der Waals surface area (Å²) in [5.74, 6) is 1.47. The molecule has 0 atom stereocenters. The SMILES string of the molecule is CCOc1cc(CCCN(C)C)ccc1Oc1ccc([N+](=O)[O-])cn1. The number of benzene rings is 1. The molecule has 1 aromatic carbocycles. The van der Waals surface area contributed by atoms with Crippen LogP contribution in [0.1, 0.15) is 18.9 Å². The molecule has 0 fully saturated rings. The molecule has 0 aliphatic carbocycles. The minimum absolute atomic E-state index is 0.0754. The fourth-order valence-corrected chi connectivity index (χ4v) is 2.31. The molecule has 25 heavy (non-hydrogen) atoms. The molecule has 2 rings (SSSR count). The van der Waals surface area contributed by atoms with Crippen molar-refractivity contribution in [2.75, 3.05) is 27.2 Å². The standard InChI is InChI=1S/C18H23N3O4/c1-4-24-17-12-14(6-5-11-20(2)3)7-9-16(17)25-18-10-8-15(13-19-18)21(22)23/h7-10,12-13H,4-6,11H2,1-3H3. The number of aromatic nitrogens is 1. The fourth-order valence-electron chi connectivity index (χ4n) is 2.31. The van der Waals surface area contributed by atoms with E-state index in [1.54, 1.807) is 0 Å². The minimum Gasteiger partial charge on any atom is -0.490 e. The lowest BCUT2D eigenvalue weighted by molar-refractivity contribution is -0.385. The fraction of sp³-hybridized carbons (Fsp3) is 0.389. The van der Waals surface area contributed by atoms with Crippen molar-refractivity contribution in [3.63, 3.8) is 0 Å². The van der Waals surface area contributed by atoms with Gasteiger partial charge in [-0.3, -0.25) is 10.1 Å². The predicted molar refractivity (Wildman–Crippen MR) is 95.5 cm³/mol. The summed E-state index contributed by atoms with van der Waals surface area (Å²) in [6.45, 7) is 3.45. The Bertz CT molecular complexity index is 702. The molecule has 0 saturated carbocycles. The molecule has 0 radical (unpaired) electrons. The van der Waals surface area contributed by atoms with Crippen LogP contribution < -0.4 is 9.47 Å². The highest BCUT2D eigenvalue weighted by molar-refractivity contribution is 5.45. The second-order valence-corrected chi connectivity index (χ2v) is 5.83. The maximum Gasteiger partial charge on any atom is 0.287 e. The Morgan fingerprint density at radius 3 is 2.60 bits per heavy atom. The zero-order chi connectivity index (χ0) is 18.2. The summed E-state index contributed by atoms with van der Waals surface area (Å²) < 4.78 is 11.4. The first kappa shape index (κ1) is 18.7. The third kappa shape index (κ3) is 5.72. The van der Waals surface area contributed by atoms with Crippen molar-refractivity contribution in [2.24, 2.45) is 0 Å². The second kappa shape index (κ2) is 8.98. The molecule has 0 aliphatic heterocycles.